The lowest BCUT2D eigenvalue weighted by Gasteiger charge is -2.43. The molecule has 0 amide bonds. The number of benzene rings is 1. The highest BCUT2D eigenvalue weighted by Gasteiger charge is 2.47. The molecule has 0 aliphatic carbocycles. The van der Waals surface area contributed by atoms with Crippen LogP contribution in [0.4, 0.5) is 15.9 Å². The number of likely N-dealkylation sites (tertiary alicyclic amines) is 1. The third kappa shape index (κ3) is 4.10. The van der Waals surface area contributed by atoms with Crippen LogP contribution in [0.2, 0.25) is 0 Å². The van der Waals surface area contributed by atoms with Crippen molar-refractivity contribution < 1.29 is 13.7 Å². The summed E-state index contributed by atoms with van der Waals surface area (Å²) in [5.74, 6) is 2.07. The Bertz CT molecular complexity index is 1210. The molecule has 2 aromatic rings. The minimum atomic E-state index is -0.362. The number of nitrogens with one attached hydrogen (secondary N) is 1. The quantitative estimate of drug-likeness (QED) is 0.665. The molecule has 0 saturated carbocycles. The number of anilines is 1. The average molecular weight is 492 g/mol. The number of hydrogen-bond donors (Lipinski definition) is 1. The molecule has 7 nitrogen and oxygen atoms in total. The summed E-state index contributed by atoms with van der Waals surface area (Å²) in [7, 11) is 3.67. The summed E-state index contributed by atoms with van der Waals surface area (Å²) in [6, 6.07) is 7.63. The van der Waals surface area contributed by atoms with Crippen LogP contribution in [0, 0.1) is 17.7 Å². The molecule has 2 saturated heterocycles. The number of nitrogens with zero attached hydrogens (tertiary/aromatic N) is 5. The van der Waals surface area contributed by atoms with Gasteiger partial charge in [0.2, 0.25) is 0 Å². The number of methoxy groups -OCH3 is 1. The zero-order chi connectivity index (χ0) is 24.9. The first kappa shape index (κ1) is 23.6. The molecule has 2 fully saturated rings. The Morgan fingerprint density at radius 3 is 2.89 bits per heavy atom. The molecular formula is C28H36FN6O+. The molecule has 1 N–H and O–H groups in total. The second kappa shape index (κ2) is 9.23. The topological polar surface area (TPSA) is 56.0 Å². The predicted molar refractivity (Wildman–Crippen MR) is 140 cm³/mol. The Morgan fingerprint density at radius 2 is 2.14 bits per heavy atom. The lowest BCUT2D eigenvalue weighted by molar-refractivity contribution is -0.501. The monoisotopic (exact) mass is 491 g/mol. The summed E-state index contributed by atoms with van der Waals surface area (Å²) in [5.41, 5.74) is 3.38. The highest BCUT2D eigenvalue weighted by atomic mass is 19.1. The molecule has 0 spiro atoms. The van der Waals surface area contributed by atoms with E-state index in [0.717, 1.165) is 74.2 Å². The van der Waals surface area contributed by atoms with Gasteiger partial charge in [0.25, 0.3) is 0 Å². The second-order valence-corrected chi connectivity index (χ2v) is 10.9. The summed E-state index contributed by atoms with van der Waals surface area (Å²) in [5, 5.41) is 3.41. The van der Waals surface area contributed by atoms with E-state index in [0.29, 0.717) is 18.3 Å². The molecule has 3 atom stereocenters. The Labute approximate surface area is 212 Å². The van der Waals surface area contributed by atoms with Crippen molar-refractivity contribution in [3.8, 4) is 5.75 Å². The van der Waals surface area contributed by atoms with Crippen LogP contribution >= 0.6 is 0 Å². The van der Waals surface area contributed by atoms with Crippen molar-refractivity contribution in [2.24, 2.45) is 16.8 Å². The van der Waals surface area contributed by atoms with Gasteiger partial charge in [-0.3, -0.25) is 15.2 Å². The molecule has 3 unspecified atom stereocenters. The number of halogens is 1. The third-order valence-electron chi connectivity index (χ3n) is 8.59. The SMILES string of the molecule is COc1cc2c(cc1F)C(C)(N1CC3C=[N+](C)CCC3C1)CC(c1ccc(N3CCCNC3)nc1)=N2. The van der Waals surface area contributed by atoms with Crippen molar-refractivity contribution in [2.45, 2.75) is 31.7 Å². The molecule has 1 aromatic heterocycles. The molecule has 0 bridgehead atoms. The van der Waals surface area contributed by atoms with Crippen LogP contribution in [-0.4, -0.2) is 79.9 Å². The Balaban J connectivity index is 1.36. The van der Waals surface area contributed by atoms with Crippen molar-refractivity contribution in [3.63, 3.8) is 0 Å². The second-order valence-electron chi connectivity index (χ2n) is 10.9. The van der Waals surface area contributed by atoms with Gasteiger partial charge in [0.05, 0.1) is 36.6 Å². The van der Waals surface area contributed by atoms with Crippen molar-refractivity contribution in [3.05, 3.63) is 47.4 Å². The first-order valence-electron chi connectivity index (χ1n) is 13.1. The maximum Gasteiger partial charge on any atom is 0.165 e. The van der Waals surface area contributed by atoms with Crippen molar-refractivity contribution in [2.75, 3.05) is 58.4 Å². The Hall–Kier alpha value is -2.84. The van der Waals surface area contributed by atoms with E-state index >= 15 is 0 Å². The van der Waals surface area contributed by atoms with E-state index < -0.39 is 0 Å². The van der Waals surface area contributed by atoms with E-state index in [4.69, 9.17) is 14.7 Å². The number of ether oxygens (including phenoxy) is 1. The first-order valence-corrected chi connectivity index (χ1v) is 13.1. The summed E-state index contributed by atoms with van der Waals surface area (Å²) >= 11 is 0. The van der Waals surface area contributed by atoms with Gasteiger partial charge in [0.1, 0.15) is 25.6 Å². The van der Waals surface area contributed by atoms with Crippen LogP contribution in [-0.2, 0) is 5.54 Å². The van der Waals surface area contributed by atoms with Crippen LogP contribution in [0.1, 0.15) is 37.3 Å². The van der Waals surface area contributed by atoms with E-state index in [1.807, 2.05) is 6.20 Å². The lowest BCUT2D eigenvalue weighted by atomic mass is 9.80. The number of fused-ring (bicyclic) bond motifs is 2. The summed E-state index contributed by atoms with van der Waals surface area (Å²) in [6.45, 7) is 8.25. The number of pyridine rings is 1. The molecule has 0 radical (unpaired) electrons. The normalized spacial score (nSPS) is 28.3. The van der Waals surface area contributed by atoms with Gasteiger partial charge in [0.15, 0.2) is 11.6 Å². The smallest absolute Gasteiger partial charge is 0.165 e. The van der Waals surface area contributed by atoms with Crippen molar-refractivity contribution >= 4 is 23.4 Å². The van der Waals surface area contributed by atoms with Gasteiger partial charge >= 0.3 is 0 Å². The molecule has 190 valence electrons. The molecule has 5 heterocycles. The minimum absolute atomic E-state index is 0.234. The van der Waals surface area contributed by atoms with Crippen LogP contribution in [0.25, 0.3) is 0 Å². The lowest BCUT2D eigenvalue weighted by Crippen LogP contribution is -2.46. The van der Waals surface area contributed by atoms with Crippen LogP contribution in [0.3, 0.4) is 0 Å². The van der Waals surface area contributed by atoms with Gasteiger partial charge in [0, 0.05) is 55.9 Å². The first-order chi connectivity index (χ1) is 17.4. The Morgan fingerprint density at radius 1 is 1.25 bits per heavy atom. The fourth-order valence-corrected chi connectivity index (χ4v) is 6.45. The molecule has 8 heteroatoms. The molecule has 6 rings (SSSR count). The van der Waals surface area contributed by atoms with Gasteiger partial charge in [-0.2, -0.15) is 0 Å². The Kier molecular flexibility index (Phi) is 6.04. The molecule has 36 heavy (non-hydrogen) atoms. The largest absolute Gasteiger partial charge is 0.494 e. The molecule has 4 aliphatic rings. The van der Waals surface area contributed by atoms with Crippen molar-refractivity contribution in [1.29, 1.82) is 0 Å². The van der Waals surface area contributed by atoms with Gasteiger partial charge in [-0.05, 0) is 44.0 Å². The third-order valence-corrected chi connectivity index (χ3v) is 8.59. The zero-order valence-electron chi connectivity index (χ0n) is 21.5. The highest BCUT2D eigenvalue weighted by Crippen LogP contribution is 2.47. The van der Waals surface area contributed by atoms with E-state index in [1.165, 1.54) is 13.5 Å². The van der Waals surface area contributed by atoms with Crippen molar-refractivity contribution in [1.82, 2.24) is 15.2 Å². The average Bonchev–Trinajstić information content (AvgIpc) is 3.33. The zero-order valence-corrected chi connectivity index (χ0v) is 21.5. The summed E-state index contributed by atoms with van der Waals surface area (Å²) in [4.78, 5) is 14.7. The van der Waals surface area contributed by atoms with Gasteiger partial charge in [-0.25, -0.2) is 13.9 Å². The fourth-order valence-electron chi connectivity index (χ4n) is 6.45. The van der Waals surface area contributed by atoms with Crippen LogP contribution in [0.5, 0.6) is 5.75 Å². The van der Waals surface area contributed by atoms with Crippen LogP contribution < -0.4 is 15.0 Å². The predicted octanol–water partition coefficient (Wildman–Crippen LogP) is 3.39. The highest BCUT2D eigenvalue weighted by molar-refractivity contribution is 6.04. The fraction of sp³-hybridized carbons (Fsp3) is 0.536. The molecular weight excluding hydrogens is 455 g/mol. The number of aliphatic imine (C=N–C) groups is 1. The van der Waals surface area contributed by atoms with Gasteiger partial charge in [-0.15, -0.1) is 0 Å². The number of aromatic nitrogens is 1. The van der Waals surface area contributed by atoms with E-state index in [2.05, 4.69) is 52.0 Å². The van der Waals surface area contributed by atoms with Gasteiger partial charge in [-0.1, -0.05) is 0 Å². The van der Waals surface area contributed by atoms with Crippen LogP contribution in [0.15, 0.2) is 35.5 Å². The molecule has 4 aliphatic heterocycles. The maximum absolute atomic E-state index is 15.0. The standard InChI is InChI=1S/C28H36FN6O/c1-28(35-16-20-7-10-33(2)15-21(20)17-35)13-25(32-24-12-26(36-3)23(29)11-22(24)28)19-5-6-27(31-14-19)34-9-4-8-30-18-34/h5-6,11-12,14-15,20-21,30H,4,7-10,13,16-18H2,1-3H3/q+1. The minimum Gasteiger partial charge on any atom is -0.494 e. The molecule has 1 aromatic carbocycles. The van der Waals surface area contributed by atoms with E-state index in [9.17, 15) is 4.39 Å². The number of hydrogen-bond acceptors (Lipinski definition) is 6. The van der Waals surface area contributed by atoms with Gasteiger partial charge < -0.3 is 9.64 Å². The van der Waals surface area contributed by atoms with E-state index in [-0.39, 0.29) is 17.1 Å². The summed E-state index contributed by atoms with van der Waals surface area (Å²) in [6.07, 6.45) is 7.37. The van der Waals surface area contributed by atoms with E-state index in [1.54, 1.807) is 12.1 Å². The summed E-state index contributed by atoms with van der Waals surface area (Å²) < 4.78 is 22.6. The maximum atomic E-state index is 15.0. The number of rotatable bonds is 4.